The van der Waals surface area contributed by atoms with Gasteiger partial charge in [0.2, 0.25) is 0 Å². The molecule has 0 aliphatic carbocycles. The Balaban J connectivity index is 2.46. The molecule has 0 aromatic heterocycles. The van der Waals surface area contributed by atoms with E-state index in [0.717, 1.165) is 25.8 Å². The molecule has 2 aromatic rings. The maximum atomic E-state index is 13.5. The minimum absolute atomic E-state index is 0.109. The molecule has 5 heteroatoms. The van der Waals surface area contributed by atoms with Gasteiger partial charge in [0.05, 0.1) is 17.6 Å². The molecule has 0 radical (unpaired) electrons. The van der Waals surface area contributed by atoms with E-state index in [1.165, 1.54) is 12.1 Å². The average Bonchev–Trinajstić information content (AvgIpc) is 2.44. The van der Waals surface area contributed by atoms with E-state index in [1.54, 1.807) is 13.2 Å². The summed E-state index contributed by atoms with van der Waals surface area (Å²) in [7, 11) is 3.47. The zero-order valence-corrected chi connectivity index (χ0v) is 14.3. The lowest BCUT2D eigenvalue weighted by atomic mass is 9.98. The number of hydrogen-bond donors (Lipinski definition) is 1. The van der Waals surface area contributed by atoms with Crippen molar-refractivity contribution in [2.24, 2.45) is 0 Å². The second-order valence-electron chi connectivity index (χ2n) is 4.28. The van der Waals surface area contributed by atoms with Crippen LogP contribution in [0, 0.1) is 5.82 Å². The molecule has 0 saturated carbocycles. The number of rotatable bonds is 4. The molecule has 1 N–H and O–H groups in total. The predicted molar refractivity (Wildman–Crippen MR) is 85.7 cm³/mol. The highest BCUT2D eigenvalue weighted by molar-refractivity contribution is 9.10. The SMILES string of the molecule is CNC(c1ccc(OC)c(Br)c1)c1cc(F)ccc1Br. The molecule has 2 rings (SSSR count). The number of ether oxygens (including phenoxy) is 1. The van der Waals surface area contributed by atoms with Gasteiger partial charge < -0.3 is 10.1 Å². The van der Waals surface area contributed by atoms with Gasteiger partial charge in [0.25, 0.3) is 0 Å². The molecule has 2 nitrogen and oxygen atoms in total. The summed E-state index contributed by atoms with van der Waals surface area (Å²) in [5, 5.41) is 3.21. The van der Waals surface area contributed by atoms with Crippen molar-refractivity contribution in [1.82, 2.24) is 5.32 Å². The van der Waals surface area contributed by atoms with Crippen molar-refractivity contribution in [1.29, 1.82) is 0 Å². The summed E-state index contributed by atoms with van der Waals surface area (Å²) in [4.78, 5) is 0. The molecule has 20 heavy (non-hydrogen) atoms. The highest BCUT2D eigenvalue weighted by atomic mass is 79.9. The van der Waals surface area contributed by atoms with Crippen LogP contribution >= 0.6 is 31.9 Å². The summed E-state index contributed by atoms with van der Waals surface area (Å²) in [6.07, 6.45) is 0. The van der Waals surface area contributed by atoms with Gasteiger partial charge in [0, 0.05) is 4.47 Å². The molecular formula is C15H14Br2FNO. The molecular weight excluding hydrogens is 389 g/mol. The minimum Gasteiger partial charge on any atom is -0.496 e. The smallest absolute Gasteiger partial charge is 0.133 e. The van der Waals surface area contributed by atoms with Crippen molar-refractivity contribution in [3.63, 3.8) is 0 Å². The lowest BCUT2D eigenvalue weighted by Crippen LogP contribution is -2.18. The third kappa shape index (κ3) is 3.22. The molecule has 0 bridgehead atoms. The zero-order valence-electron chi connectivity index (χ0n) is 11.1. The van der Waals surface area contributed by atoms with Gasteiger partial charge in [-0.05, 0) is 64.4 Å². The molecule has 0 heterocycles. The van der Waals surface area contributed by atoms with Gasteiger partial charge >= 0.3 is 0 Å². The normalized spacial score (nSPS) is 12.2. The Hall–Kier alpha value is -0.910. The first-order valence-corrected chi connectivity index (χ1v) is 7.61. The number of hydrogen-bond acceptors (Lipinski definition) is 2. The monoisotopic (exact) mass is 401 g/mol. The Morgan fingerprint density at radius 2 is 1.85 bits per heavy atom. The summed E-state index contributed by atoms with van der Waals surface area (Å²) >= 11 is 6.94. The van der Waals surface area contributed by atoms with Crippen molar-refractivity contribution in [3.8, 4) is 5.75 Å². The standard InChI is InChI=1S/C15H14Br2FNO/c1-19-15(11-8-10(18)4-5-12(11)16)9-3-6-14(20-2)13(17)7-9/h3-8,15,19H,1-2H3. The van der Waals surface area contributed by atoms with E-state index in [0.29, 0.717) is 0 Å². The van der Waals surface area contributed by atoms with Gasteiger partial charge in [0.15, 0.2) is 0 Å². The second kappa shape index (κ2) is 6.70. The van der Waals surface area contributed by atoms with Gasteiger partial charge in [-0.1, -0.05) is 22.0 Å². The lowest BCUT2D eigenvalue weighted by molar-refractivity contribution is 0.412. The van der Waals surface area contributed by atoms with Crippen molar-refractivity contribution in [2.45, 2.75) is 6.04 Å². The number of nitrogens with one attached hydrogen (secondary N) is 1. The molecule has 0 saturated heterocycles. The van der Waals surface area contributed by atoms with Crippen molar-refractivity contribution in [2.75, 3.05) is 14.2 Å². The van der Waals surface area contributed by atoms with Crippen LogP contribution in [0.4, 0.5) is 4.39 Å². The van der Waals surface area contributed by atoms with E-state index >= 15 is 0 Å². The van der Waals surface area contributed by atoms with Crippen LogP contribution in [-0.2, 0) is 0 Å². The maximum absolute atomic E-state index is 13.5. The summed E-state index contributed by atoms with van der Waals surface area (Å²) in [5.74, 6) is 0.512. The summed E-state index contributed by atoms with van der Waals surface area (Å²) < 4.78 is 20.4. The molecule has 2 aromatic carbocycles. The number of benzene rings is 2. The molecule has 0 spiro atoms. The fourth-order valence-electron chi connectivity index (χ4n) is 2.10. The first-order chi connectivity index (χ1) is 9.56. The van der Waals surface area contributed by atoms with Crippen molar-refractivity contribution >= 4 is 31.9 Å². The molecule has 0 aliphatic heterocycles. The molecule has 0 amide bonds. The van der Waals surface area contributed by atoms with Crippen LogP contribution in [0.5, 0.6) is 5.75 Å². The quantitative estimate of drug-likeness (QED) is 0.802. The van der Waals surface area contributed by atoms with Gasteiger partial charge in [-0.15, -0.1) is 0 Å². The number of methoxy groups -OCH3 is 1. The average molecular weight is 403 g/mol. The lowest BCUT2D eigenvalue weighted by Gasteiger charge is -2.19. The Bertz CT molecular complexity index is 619. The molecule has 0 fully saturated rings. The van der Waals surface area contributed by atoms with Gasteiger partial charge in [0.1, 0.15) is 11.6 Å². The minimum atomic E-state index is -0.254. The van der Waals surface area contributed by atoms with E-state index in [2.05, 4.69) is 37.2 Å². The van der Waals surface area contributed by atoms with Crippen LogP contribution in [-0.4, -0.2) is 14.2 Å². The highest BCUT2D eigenvalue weighted by Crippen LogP contribution is 2.33. The van der Waals surface area contributed by atoms with E-state index in [1.807, 2.05) is 25.2 Å². The zero-order chi connectivity index (χ0) is 14.7. The van der Waals surface area contributed by atoms with E-state index in [-0.39, 0.29) is 11.9 Å². The van der Waals surface area contributed by atoms with E-state index in [9.17, 15) is 4.39 Å². The predicted octanol–water partition coefficient (Wildman–Crippen LogP) is 4.67. The Morgan fingerprint density at radius 3 is 2.45 bits per heavy atom. The second-order valence-corrected chi connectivity index (χ2v) is 5.99. The van der Waals surface area contributed by atoms with Crippen molar-refractivity contribution in [3.05, 3.63) is 62.3 Å². The molecule has 1 unspecified atom stereocenters. The van der Waals surface area contributed by atoms with Crippen molar-refractivity contribution < 1.29 is 9.13 Å². The first kappa shape index (κ1) is 15.5. The van der Waals surface area contributed by atoms with Crippen LogP contribution in [0.2, 0.25) is 0 Å². The van der Waals surface area contributed by atoms with Crippen LogP contribution in [0.1, 0.15) is 17.2 Å². The highest BCUT2D eigenvalue weighted by Gasteiger charge is 2.17. The number of halogens is 3. The van der Waals surface area contributed by atoms with Gasteiger partial charge in [-0.25, -0.2) is 4.39 Å². The fraction of sp³-hybridized carbons (Fsp3) is 0.200. The molecule has 1 atom stereocenters. The fourth-order valence-corrected chi connectivity index (χ4v) is 3.13. The summed E-state index contributed by atoms with van der Waals surface area (Å²) in [6, 6.07) is 10.4. The third-order valence-electron chi connectivity index (χ3n) is 3.07. The van der Waals surface area contributed by atoms with E-state index in [4.69, 9.17) is 4.74 Å². The molecule has 0 aliphatic rings. The van der Waals surface area contributed by atoms with Gasteiger partial charge in [-0.3, -0.25) is 0 Å². The van der Waals surface area contributed by atoms with Crippen LogP contribution in [0.15, 0.2) is 45.3 Å². The van der Waals surface area contributed by atoms with Crippen LogP contribution in [0.3, 0.4) is 0 Å². The largest absolute Gasteiger partial charge is 0.496 e. The topological polar surface area (TPSA) is 21.3 Å². The van der Waals surface area contributed by atoms with Gasteiger partial charge in [-0.2, -0.15) is 0 Å². The third-order valence-corrected chi connectivity index (χ3v) is 4.41. The maximum Gasteiger partial charge on any atom is 0.133 e. The van der Waals surface area contributed by atoms with Crippen LogP contribution < -0.4 is 10.1 Å². The Labute approximate surface area is 134 Å². The first-order valence-electron chi connectivity index (χ1n) is 6.02. The Kier molecular flexibility index (Phi) is 5.18. The Morgan fingerprint density at radius 1 is 1.10 bits per heavy atom. The summed E-state index contributed by atoms with van der Waals surface area (Å²) in [5.41, 5.74) is 1.87. The molecule has 106 valence electrons. The van der Waals surface area contributed by atoms with Crippen LogP contribution in [0.25, 0.3) is 0 Å². The summed E-state index contributed by atoms with van der Waals surface area (Å²) in [6.45, 7) is 0. The van der Waals surface area contributed by atoms with E-state index < -0.39 is 0 Å².